The van der Waals surface area contributed by atoms with Crippen molar-refractivity contribution in [3.05, 3.63) is 45.6 Å². The first-order chi connectivity index (χ1) is 9.25. The predicted molar refractivity (Wildman–Crippen MR) is 79.5 cm³/mol. The van der Waals surface area contributed by atoms with Crippen LogP contribution in [0.15, 0.2) is 35.2 Å². The second-order valence-electron chi connectivity index (χ2n) is 4.01. The van der Waals surface area contributed by atoms with Gasteiger partial charge in [0.15, 0.2) is 0 Å². The van der Waals surface area contributed by atoms with Crippen molar-refractivity contribution in [2.75, 3.05) is 5.73 Å². The lowest BCUT2D eigenvalue weighted by Crippen LogP contribution is -2.22. The summed E-state index contributed by atoms with van der Waals surface area (Å²) in [6.45, 7) is 0.517. The lowest BCUT2D eigenvalue weighted by Gasteiger charge is -2.02. The van der Waals surface area contributed by atoms with Gasteiger partial charge in [-0.05, 0) is 34.5 Å². The molecule has 0 aliphatic carbocycles. The maximum atomic E-state index is 12.1. The third-order valence-electron chi connectivity index (χ3n) is 2.72. The summed E-state index contributed by atoms with van der Waals surface area (Å²) in [7, 11) is 0. The number of carbonyl (C=O) groups excluding carboxylic acids is 1. The van der Waals surface area contributed by atoms with Gasteiger partial charge in [-0.1, -0.05) is 0 Å². The van der Waals surface area contributed by atoms with Crippen LogP contribution < -0.4 is 11.1 Å². The highest BCUT2D eigenvalue weighted by atomic mass is 32.1. The third-order valence-corrected chi connectivity index (χ3v) is 4.61. The van der Waals surface area contributed by atoms with Crippen LogP contribution in [0.4, 0.5) is 5.69 Å². The van der Waals surface area contributed by atoms with E-state index in [0.29, 0.717) is 22.6 Å². The summed E-state index contributed by atoms with van der Waals surface area (Å²) in [6, 6.07) is 5.74. The Balaban J connectivity index is 1.83. The summed E-state index contributed by atoms with van der Waals surface area (Å²) >= 11 is 2.98. The average molecular weight is 289 g/mol. The number of hydrogen-bond donors (Lipinski definition) is 2. The van der Waals surface area contributed by atoms with E-state index in [1.165, 1.54) is 11.3 Å². The molecule has 0 fully saturated rings. The molecule has 96 valence electrons. The Hall–Kier alpha value is -1.92. The summed E-state index contributed by atoms with van der Waals surface area (Å²) in [6.07, 6.45) is 1.68. The molecule has 0 aromatic carbocycles. The Morgan fingerprint density at radius 1 is 1.42 bits per heavy atom. The molecule has 1 amide bonds. The number of nitrogens with zero attached hydrogens (tertiary/aromatic N) is 1. The van der Waals surface area contributed by atoms with E-state index in [1.54, 1.807) is 17.5 Å². The van der Waals surface area contributed by atoms with Gasteiger partial charge < -0.3 is 11.1 Å². The molecule has 0 unspecified atom stereocenters. The van der Waals surface area contributed by atoms with Gasteiger partial charge in [-0.15, -0.1) is 11.3 Å². The van der Waals surface area contributed by atoms with Crippen LogP contribution in [0.1, 0.15) is 15.2 Å². The summed E-state index contributed by atoms with van der Waals surface area (Å²) in [5, 5.41) is 6.87. The molecule has 6 heteroatoms. The van der Waals surface area contributed by atoms with Crippen molar-refractivity contribution in [3.63, 3.8) is 0 Å². The molecule has 3 heterocycles. The Morgan fingerprint density at radius 3 is 3.05 bits per heavy atom. The van der Waals surface area contributed by atoms with E-state index in [9.17, 15) is 4.79 Å². The van der Waals surface area contributed by atoms with Crippen molar-refractivity contribution in [2.24, 2.45) is 0 Å². The van der Waals surface area contributed by atoms with E-state index in [-0.39, 0.29) is 5.91 Å². The van der Waals surface area contributed by atoms with Crippen molar-refractivity contribution < 1.29 is 4.79 Å². The molecule has 0 bridgehead atoms. The molecule has 0 spiro atoms. The maximum absolute atomic E-state index is 12.1. The SMILES string of the molecule is Nc1c(C(=O)NCc2ccsc2)sc2cccnc12. The van der Waals surface area contributed by atoms with Gasteiger partial charge in [-0.25, -0.2) is 0 Å². The lowest BCUT2D eigenvalue weighted by atomic mass is 10.3. The molecule has 0 radical (unpaired) electrons. The lowest BCUT2D eigenvalue weighted by molar-refractivity contribution is 0.0956. The van der Waals surface area contributed by atoms with Crippen LogP contribution in [0.5, 0.6) is 0 Å². The van der Waals surface area contributed by atoms with Crippen molar-refractivity contribution in [1.29, 1.82) is 0 Å². The number of nitrogens with one attached hydrogen (secondary N) is 1. The predicted octanol–water partition coefficient (Wildman–Crippen LogP) is 2.87. The van der Waals surface area contributed by atoms with E-state index in [4.69, 9.17) is 5.73 Å². The van der Waals surface area contributed by atoms with Crippen LogP contribution in [-0.4, -0.2) is 10.9 Å². The minimum Gasteiger partial charge on any atom is -0.396 e. The highest BCUT2D eigenvalue weighted by Gasteiger charge is 2.16. The van der Waals surface area contributed by atoms with Crippen LogP contribution in [0.2, 0.25) is 0 Å². The summed E-state index contributed by atoms with van der Waals surface area (Å²) in [5.41, 5.74) is 8.24. The Labute approximate surface area is 117 Å². The molecule has 3 rings (SSSR count). The Morgan fingerprint density at radius 2 is 2.32 bits per heavy atom. The number of aromatic nitrogens is 1. The molecule has 3 N–H and O–H groups in total. The quantitative estimate of drug-likeness (QED) is 0.779. The number of anilines is 1. The van der Waals surface area contributed by atoms with E-state index < -0.39 is 0 Å². The monoisotopic (exact) mass is 289 g/mol. The van der Waals surface area contributed by atoms with E-state index in [0.717, 1.165) is 10.3 Å². The number of amides is 1. The van der Waals surface area contributed by atoms with E-state index >= 15 is 0 Å². The van der Waals surface area contributed by atoms with Crippen molar-refractivity contribution in [2.45, 2.75) is 6.54 Å². The molecule has 19 heavy (non-hydrogen) atoms. The molecule has 0 saturated carbocycles. The van der Waals surface area contributed by atoms with Crippen molar-refractivity contribution >= 4 is 44.5 Å². The van der Waals surface area contributed by atoms with Gasteiger partial charge in [0.1, 0.15) is 10.4 Å². The first-order valence-corrected chi connectivity index (χ1v) is 7.44. The van der Waals surface area contributed by atoms with Gasteiger partial charge in [-0.2, -0.15) is 11.3 Å². The van der Waals surface area contributed by atoms with Crippen LogP contribution in [0, 0.1) is 0 Å². The summed E-state index contributed by atoms with van der Waals surface area (Å²) in [5.74, 6) is -0.147. The molecule has 0 aliphatic rings. The Bertz CT molecular complexity index is 719. The highest BCUT2D eigenvalue weighted by molar-refractivity contribution is 7.21. The zero-order valence-corrected chi connectivity index (χ0v) is 11.6. The fraction of sp³-hybridized carbons (Fsp3) is 0.0769. The zero-order valence-electron chi connectivity index (χ0n) is 9.92. The largest absolute Gasteiger partial charge is 0.396 e. The van der Waals surface area contributed by atoms with Gasteiger partial charge in [0, 0.05) is 12.7 Å². The van der Waals surface area contributed by atoms with Crippen molar-refractivity contribution in [1.82, 2.24) is 10.3 Å². The first-order valence-electron chi connectivity index (χ1n) is 5.68. The van der Waals surface area contributed by atoms with Crippen LogP contribution in [-0.2, 0) is 6.54 Å². The molecule has 4 nitrogen and oxygen atoms in total. The number of hydrogen-bond acceptors (Lipinski definition) is 5. The van der Waals surface area contributed by atoms with Gasteiger partial charge >= 0.3 is 0 Å². The van der Waals surface area contributed by atoms with Crippen LogP contribution >= 0.6 is 22.7 Å². The average Bonchev–Trinajstić information content (AvgIpc) is 3.05. The standard InChI is InChI=1S/C13H11N3OS2/c14-10-11-9(2-1-4-15-11)19-12(10)13(17)16-6-8-3-5-18-7-8/h1-5,7H,6,14H2,(H,16,17). The maximum Gasteiger partial charge on any atom is 0.263 e. The topological polar surface area (TPSA) is 68.0 Å². The van der Waals surface area contributed by atoms with Crippen molar-refractivity contribution in [3.8, 4) is 0 Å². The molecule has 3 aromatic rings. The normalized spacial score (nSPS) is 10.7. The molecular weight excluding hydrogens is 278 g/mol. The highest BCUT2D eigenvalue weighted by Crippen LogP contribution is 2.31. The number of pyridine rings is 1. The third kappa shape index (κ3) is 2.32. The second-order valence-corrected chi connectivity index (χ2v) is 5.84. The first kappa shape index (κ1) is 12.1. The molecule has 0 aliphatic heterocycles. The molecule has 3 aromatic heterocycles. The summed E-state index contributed by atoms with van der Waals surface area (Å²) < 4.78 is 0.931. The number of carbonyl (C=O) groups is 1. The van der Waals surface area contributed by atoms with Gasteiger partial charge in [0.05, 0.1) is 10.4 Å². The molecular formula is C13H11N3OS2. The number of nitrogen functional groups attached to an aromatic ring is 1. The van der Waals surface area contributed by atoms with Gasteiger partial charge in [-0.3, -0.25) is 9.78 Å². The molecule has 0 atom stereocenters. The fourth-order valence-electron chi connectivity index (χ4n) is 1.77. The minimum absolute atomic E-state index is 0.147. The smallest absolute Gasteiger partial charge is 0.263 e. The van der Waals surface area contributed by atoms with Crippen LogP contribution in [0.25, 0.3) is 10.2 Å². The summed E-state index contributed by atoms with van der Waals surface area (Å²) in [4.78, 5) is 16.9. The Kier molecular flexibility index (Phi) is 3.18. The van der Waals surface area contributed by atoms with Gasteiger partial charge in [0.2, 0.25) is 0 Å². The fourth-order valence-corrected chi connectivity index (χ4v) is 3.44. The second kappa shape index (κ2) is 4.99. The number of nitrogens with two attached hydrogens (primary N) is 1. The van der Waals surface area contributed by atoms with E-state index in [1.807, 2.05) is 29.0 Å². The number of rotatable bonds is 3. The minimum atomic E-state index is -0.147. The number of thiophene rings is 2. The number of fused-ring (bicyclic) bond motifs is 1. The zero-order chi connectivity index (χ0) is 13.2. The van der Waals surface area contributed by atoms with Gasteiger partial charge in [0.25, 0.3) is 5.91 Å². The van der Waals surface area contributed by atoms with E-state index in [2.05, 4.69) is 10.3 Å². The van der Waals surface area contributed by atoms with Crippen LogP contribution in [0.3, 0.4) is 0 Å². The molecule has 0 saturated heterocycles.